The van der Waals surface area contributed by atoms with Crippen molar-refractivity contribution in [3.63, 3.8) is 0 Å². The van der Waals surface area contributed by atoms with Crippen molar-refractivity contribution in [2.45, 2.75) is 85.6 Å². The summed E-state index contributed by atoms with van der Waals surface area (Å²) in [4.78, 5) is 67.5. The van der Waals surface area contributed by atoms with E-state index in [2.05, 4.69) is 26.3 Å². The summed E-state index contributed by atoms with van der Waals surface area (Å²) in [6, 6.07) is 7.13. The van der Waals surface area contributed by atoms with Crippen LogP contribution in [0, 0.1) is 5.41 Å². The number of aromatic nitrogens is 1. The Kier molecular flexibility index (Phi) is 12.9. The number of aryl methyl sites for hydroxylation is 2. The van der Waals surface area contributed by atoms with Gasteiger partial charge in [-0.15, -0.1) is 0 Å². The van der Waals surface area contributed by atoms with Crippen molar-refractivity contribution in [3.05, 3.63) is 40.4 Å². The van der Waals surface area contributed by atoms with Crippen molar-refractivity contribution in [2.24, 2.45) is 11.1 Å². The van der Waals surface area contributed by atoms with Crippen LogP contribution in [0.15, 0.2) is 24.3 Å². The maximum Gasteiger partial charge on any atom is 0.412 e. The molecule has 254 valence electrons. The maximum atomic E-state index is 13.0. The Morgan fingerprint density at radius 3 is 2.11 bits per heavy atom. The van der Waals surface area contributed by atoms with Crippen molar-refractivity contribution in [1.82, 2.24) is 20.5 Å². The van der Waals surface area contributed by atoms with E-state index in [-0.39, 0.29) is 17.7 Å². The summed E-state index contributed by atoms with van der Waals surface area (Å²) < 4.78 is 11.1. The second kappa shape index (κ2) is 15.7. The van der Waals surface area contributed by atoms with Crippen LogP contribution in [0.2, 0.25) is 0 Å². The number of benzene rings is 1. The summed E-state index contributed by atoms with van der Waals surface area (Å²) in [5.41, 5.74) is 5.73. The van der Waals surface area contributed by atoms with Gasteiger partial charge in [0, 0.05) is 45.2 Å². The lowest BCUT2D eigenvalue weighted by molar-refractivity contribution is -0.202. The van der Waals surface area contributed by atoms with Gasteiger partial charge in [-0.3, -0.25) is 14.4 Å². The Bertz CT molecular complexity index is 1400. The number of alkyl carbamates (subject to hydrolysis) is 1. The zero-order valence-electron chi connectivity index (χ0n) is 28.1. The third-order valence-corrected chi connectivity index (χ3v) is 7.41. The highest BCUT2D eigenvalue weighted by Gasteiger charge is 2.50. The number of carbonyl (C=O) groups is 5. The lowest BCUT2D eigenvalue weighted by atomic mass is 9.90. The zero-order valence-corrected chi connectivity index (χ0v) is 28.9. The number of ether oxygens (including phenoxy) is 2. The van der Waals surface area contributed by atoms with E-state index in [1.165, 1.54) is 11.8 Å². The van der Waals surface area contributed by atoms with Gasteiger partial charge in [-0.25, -0.2) is 14.6 Å². The molecule has 1 unspecified atom stereocenters. The molecule has 1 aromatic carbocycles. The SMILES string of the molecule is CC(=O)Nc1nc(CCc2ccc(NC(OC(N)=O)(OC(=O)NC(C)(C)C)C(C)(C)C)cc2)c(C(=O)NCCCC(=O)N(C)C)s1. The Labute approximate surface area is 274 Å². The van der Waals surface area contributed by atoms with Gasteiger partial charge in [0.25, 0.3) is 5.91 Å². The molecule has 2 rings (SSSR count). The highest BCUT2D eigenvalue weighted by molar-refractivity contribution is 7.17. The highest BCUT2D eigenvalue weighted by Crippen LogP contribution is 2.37. The fraction of sp³-hybridized carbons (Fsp3) is 0.548. The topological polar surface area (TPSA) is 194 Å². The highest BCUT2D eigenvalue weighted by atomic mass is 32.1. The number of amides is 5. The maximum absolute atomic E-state index is 13.0. The van der Waals surface area contributed by atoms with Gasteiger partial charge >= 0.3 is 18.1 Å². The van der Waals surface area contributed by atoms with Crippen molar-refractivity contribution < 1.29 is 33.4 Å². The Morgan fingerprint density at radius 2 is 1.59 bits per heavy atom. The van der Waals surface area contributed by atoms with E-state index < -0.39 is 29.1 Å². The van der Waals surface area contributed by atoms with Crippen LogP contribution in [-0.2, 0) is 31.9 Å². The molecule has 0 spiro atoms. The summed E-state index contributed by atoms with van der Waals surface area (Å²) in [6.07, 6.45) is -0.232. The van der Waals surface area contributed by atoms with E-state index in [0.717, 1.165) is 16.9 Å². The number of anilines is 2. The van der Waals surface area contributed by atoms with Gasteiger partial charge in [0.05, 0.1) is 11.1 Å². The fourth-order valence-corrected chi connectivity index (χ4v) is 5.00. The number of nitrogens with one attached hydrogen (secondary N) is 4. The summed E-state index contributed by atoms with van der Waals surface area (Å²) in [7, 11) is 3.36. The Morgan fingerprint density at radius 1 is 0.957 bits per heavy atom. The predicted octanol–water partition coefficient (Wildman–Crippen LogP) is 4.22. The van der Waals surface area contributed by atoms with Crippen molar-refractivity contribution in [1.29, 1.82) is 0 Å². The molecule has 14 nitrogen and oxygen atoms in total. The van der Waals surface area contributed by atoms with Crippen LogP contribution in [0.3, 0.4) is 0 Å². The predicted molar refractivity (Wildman–Crippen MR) is 176 cm³/mol. The van der Waals surface area contributed by atoms with Crippen LogP contribution in [0.25, 0.3) is 0 Å². The van der Waals surface area contributed by atoms with Crippen LogP contribution in [0.1, 0.15) is 82.2 Å². The quantitative estimate of drug-likeness (QED) is 0.154. The molecule has 0 saturated heterocycles. The van der Waals surface area contributed by atoms with Gasteiger partial charge in [0.1, 0.15) is 4.88 Å². The molecule has 0 saturated carbocycles. The zero-order chi connectivity index (χ0) is 34.9. The second-order valence-corrected chi connectivity index (χ2v) is 14.0. The monoisotopic (exact) mass is 661 g/mol. The standard InChI is InChI=1S/C31H47N7O7S/c1-19(39)34-27-35-22(24(46-27)25(41)33-18-10-11-23(40)38(8)9)17-14-20-12-15-21(16-13-20)36-31(29(2,3)4,44-26(32)42)45-28(43)37-30(5,6)7/h12-13,15-16,36H,10-11,14,17-18H2,1-9H3,(H2,32,42)(H,33,41)(H,37,43)(H,34,35,39). The number of nitrogens with two attached hydrogens (primary N) is 1. The van der Waals surface area contributed by atoms with Crippen LogP contribution in [0.5, 0.6) is 0 Å². The Hall–Kier alpha value is -4.40. The number of thiazole rings is 1. The summed E-state index contributed by atoms with van der Waals surface area (Å²) in [5.74, 6) is -2.60. The molecular weight excluding hydrogens is 614 g/mol. The van der Waals surface area contributed by atoms with Gasteiger partial charge in [-0.05, 0) is 57.7 Å². The lowest BCUT2D eigenvalue weighted by Crippen LogP contribution is -2.59. The van der Waals surface area contributed by atoms with Crippen LogP contribution in [-0.4, -0.2) is 71.9 Å². The van der Waals surface area contributed by atoms with Gasteiger partial charge in [-0.1, -0.05) is 44.2 Å². The molecule has 1 heterocycles. The normalized spacial score (nSPS) is 12.7. The first-order valence-corrected chi connectivity index (χ1v) is 15.7. The molecule has 1 atom stereocenters. The van der Waals surface area contributed by atoms with Crippen LogP contribution < -0.4 is 27.0 Å². The minimum Gasteiger partial charge on any atom is -0.387 e. The molecule has 0 radical (unpaired) electrons. The third kappa shape index (κ3) is 11.8. The molecule has 6 N–H and O–H groups in total. The van der Waals surface area contributed by atoms with E-state index in [9.17, 15) is 24.0 Å². The fourth-order valence-electron chi connectivity index (χ4n) is 4.03. The van der Waals surface area contributed by atoms with Gasteiger partial charge in [-0.2, -0.15) is 0 Å². The van der Waals surface area contributed by atoms with Crippen molar-refractivity contribution in [3.8, 4) is 0 Å². The first-order valence-electron chi connectivity index (χ1n) is 14.8. The van der Waals surface area contributed by atoms with Crippen molar-refractivity contribution in [2.75, 3.05) is 31.3 Å². The van der Waals surface area contributed by atoms with E-state index >= 15 is 0 Å². The van der Waals surface area contributed by atoms with E-state index in [4.69, 9.17) is 15.2 Å². The van der Waals surface area contributed by atoms with E-state index in [0.29, 0.717) is 53.6 Å². The number of nitrogens with zero attached hydrogens (tertiary/aromatic N) is 2. The number of primary amides is 1. The molecule has 0 aliphatic rings. The van der Waals surface area contributed by atoms with E-state index in [1.807, 2.05) is 12.1 Å². The molecule has 1 aromatic heterocycles. The molecule has 5 amide bonds. The minimum atomic E-state index is -1.95. The van der Waals surface area contributed by atoms with Gasteiger partial charge in [0.15, 0.2) is 5.13 Å². The molecule has 0 aliphatic heterocycles. The number of hydrogen-bond donors (Lipinski definition) is 5. The molecule has 0 fully saturated rings. The average molecular weight is 662 g/mol. The van der Waals surface area contributed by atoms with E-state index in [1.54, 1.807) is 67.8 Å². The summed E-state index contributed by atoms with van der Waals surface area (Å²) >= 11 is 1.09. The van der Waals surface area contributed by atoms with Crippen molar-refractivity contribution >= 4 is 52.1 Å². The molecule has 2 aromatic rings. The number of carbonyl (C=O) groups excluding carboxylic acids is 5. The van der Waals surface area contributed by atoms with Crippen LogP contribution >= 0.6 is 11.3 Å². The molecule has 15 heteroatoms. The largest absolute Gasteiger partial charge is 0.412 e. The number of rotatable bonds is 13. The first kappa shape index (κ1) is 37.8. The second-order valence-electron chi connectivity index (χ2n) is 13.0. The molecular formula is C31H47N7O7S. The molecule has 0 aliphatic carbocycles. The first-order chi connectivity index (χ1) is 21.2. The average Bonchev–Trinajstić information content (AvgIpc) is 3.30. The Balaban J connectivity index is 2.21. The molecule has 46 heavy (non-hydrogen) atoms. The summed E-state index contributed by atoms with van der Waals surface area (Å²) in [5, 5.41) is 11.5. The number of hydrogen-bond acceptors (Lipinski definition) is 10. The van der Waals surface area contributed by atoms with Gasteiger partial charge in [0.2, 0.25) is 11.8 Å². The minimum absolute atomic E-state index is 0.0232. The van der Waals surface area contributed by atoms with Crippen LogP contribution in [0.4, 0.5) is 20.4 Å². The molecule has 0 bridgehead atoms. The van der Waals surface area contributed by atoms with Gasteiger partial charge < -0.3 is 41.4 Å². The lowest BCUT2D eigenvalue weighted by Gasteiger charge is -2.42. The third-order valence-electron chi connectivity index (χ3n) is 6.40. The smallest absolute Gasteiger partial charge is 0.387 e. The summed E-state index contributed by atoms with van der Waals surface area (Å²) in [6.45, 7) is 12.2.